The molecule has 0 aliphatic rings. The van der Waals surface area contributed by atoms with E-state index in [1.54, 1.807) is 12.1 Å². The molecule has 0 nitrogen and oxygen atoms in total. The molecule has 0 aromatic heterocycles. The van der Waals surface area contributed by atoms with Gasteiger partial charge in [0.25, 0.3) is 0 Å². The van der Waals surface area contributed by atoms with E-state index in [9.17, 15) is 0 Å². The van der Waals surface area contributed by atoms with Crippen LogP contribution in [0.4, 0.5) is 0 Å². The summed E-state index contributed by atoms with van der Waals surface area (Å²) in [5.74, 6) is 0. The van der Waals surface area contributed by atoms with Gasteiger partial charge in [-0.3, -0.25) is 0 Å². The van der Waals surface area contributed by atoms with Gasteiger partial charge in [0.2, 0.25) is 0 Å². The second-order valence-electron chi connectivity index (χ2n) is 4.34. The highest BCUT2D eigenvalue weighted by Crippen LogP contribution is 2.50. The van der Waals surface area contributed by atoms with E-state index in [1.165, 1.54) is 23.9 Å². The molecule has 9 heteroatoms. The van der Waals surface area contributed by atoms with Crippen LogP contribution in [0.15, 0.2) is 24.3 Å². The minimum absolute atomic E-state index is 0.351. The van der Waals surface area contributed by atoms with Gasteiger partial charge in [0.15, 0.2) is 0 Å². The molecule has 23 heavy (non-hydrogen) atoms. The van der Waals surface area contributed by atoms with E-state index in [0.29, 0.717) is 41.3 Å². The minimum atomic E-state index is -0.565. The predicted molar refractivity (Wildman–Crippen MR) is 108 cm³/mol. The molecule has 0 aliphatic heterocycles. The molecule has 2 aromatic rings. The first-order valence-electron chi connectivity index (χ1n) is 5.93. The lowest BCUT2D eigenvalue weighted by molar-refractivity contribution is 1.31. The first kappa shape index (κ1) is 20.4. The van der Waals surface area contributed by atoms with Gasteiger partial charge in [-0.05, 0) is 24.3 Å². The van der Waals surface area contributed by atoms with Crippen molar-refractivity contribution >= 4 is 105 Å². The molecular weight excluding hydrogens is 484 g/mol. The molecule has 124 valence electrons. The Hall–Kier alpha value is 1.11. The summed E-state index contributed by atoms with van der Waals surface area (Å²) in [5, 5.41) is 2.22. The predicted octanol–water partition coefficient (Wildman–Crippen LogP) is 9.52. The van der Waals surface area contributed by atoms with Crippen LogP contribution in [-0.4, -0.2) is 0 Å². The number of benzene rings is 2. The number of alkyl halides is 2. The van der Waals surface area contributed by atoms with Gasteiger partial charge >= 0.3 is 0 Å². The third-order valence-corrected chi connectivity index (χ3v) is 6.98. The first-order chi connectivity index (χ1) is 10.7. The van der Waals surface area contributed by atoms with Gasteiger partial charge in [-0.2, -0.15) is 0 Å². The zero-order chi connectivity index (χ0) is 17.3. The van der Waals surface area contributed by atoms with Crippen LogP contribution in [0.3, 0.4) is 0 Å². The summed E-state index contributed by atoms with van der Waals surface area (Å²) in [5.41, 5.74) is 1.21. The fourth-order valence-corrected chi connectivity index (χ4v) is 5.27. The Morgan fingerprint density at radius 3 is 1.17 bits per heavy atom. The Morgan fingerprint density at radius 1 is 0.522 bits per heavy atom. The van der Waals surface area contributed by atoms with Gasteiger partial charge in [-0.15, -0.1) is 35.0 Å². The first-order valence-corrected chi connectivity index (χ1v) is 10.0. The lowest BCUT2D eigenvalue weighted by atomic mass is 10.2. The lowest BCUT2D eigenvalue weighted by Crippen LogP contribution is -1.94. The van der Waals surface area contributed by atoms with Crippen LogP contribution in [0.25, 0.3) is 0 Å². The average molecular weight is 490 g/mol. The third kappa shape index (κ3) is 5.06. The Labute approximate surface area is 178 Å². The Morgan fingerprint density at radius 2 is 0.826 bits per heavy atom. The van der Waals surface area contributed by atoms with E-state index >= 15 is 0 Å². The minimum Gasteiger partial charge on any atom is -0.113 e. The zero-order valence-corrected chi connectivity index (χ0v) is 17.8. The summed E-state index contributed by atoms with van der Waals surface area (Å²) in [6, 6.07) is 6.28. The summed E-state index contributed by atoms with van der Waals surface area (Å²) < 4.78 is -1.13. The van der Waals surface area contributed by atoms with Gasteiger partial charge in [-0.25, -0.2) is 0 Å². The smallest absolute Gasteiger partial charge is 0.107 e. The molecule has 0 N–H and O–H groups in total. The molecule has 0 saturated carbocycles. The molecule has 2 rings (SSSR count). The van der Waals surface area contributed by atoms with Crippen molar-refractivity contribution in [2.45, 2.75) is 9.42 Å². The summed E-state index contributed by atoms with van der Waals surface area (Å²) in [6.07, 6.45) is 0. The van der Waals surface area contributed by atoms with Crippen LogP contribution >= 0.6 is 105 Å². The van der Waals surface area contributed by atoms with E-state index in [0.717, 1.165) is 0 Å². The number of hydrogen-bond donors (Lipinski definition) is 0. The zero-order valence-electron chi connectivity index (χ0n) is 10.9. The van der Waals surface area contributed by atoms with Crippen molar-refractivity contribution in [3.63, 3.8) is 0 Å². The van der Waals surface area contributed by atoms with E-state index in [4.69, 9.17) is 92.8 Å². The quantitative estimate of drug-likeness (QED) is 0.304. The Balaban J connectivity index is 2.25. The molecule has 2 unspecified atom stereocenters. The maximum Gasteiger partial charge on any atom is 0.107 e. The van der Waals surface area contributed by atoms with E-state index in [2.05, 4.69) is 0 Å². The monoisotopic (exact) mass is 486 g/mol. The largest absolute Gasteiger partial charge is 0.113 e. The highest BCUT2D eigenvalue weighted by atomic mass is 35.5. The van der Waals surface area contributed by atoms with Gasteiger partial charge in [0.05, 0.1) is 20.1 Å². The average Bonchev–Trinajstić information content (AvgIpc) is 2.46. The normalized spacial score (nSPS) is 13.9. The maximum absolute atomic E-state index is 6.39. The van der Waals surface area contributed by atoms with Crippen molar-refractivity contribution in [3.8, 4) is 0 Å². The molecular formula is C14H6Cl8S. The van der Waals surface area contributed by atoms with Gasteiger partial charge in [0, 0.05) is 21.2 Å². The molecule has 0 aliphatic carbocycles. The maximum atomic E-state index is 6.39. The van der Waals surface area contributed by atoms with Crippen molar-refractivity contribution in [2.24, 2.45) is 0 Å². The van der Waals surface area contributed by atoms with Crippen LogP contribution in [0.2, 0.25) is 30.1 Å². The van der Waals surface area contributed by atoms with Crippen molar-refractivity contribution < 1.29 is 0 Å². The van der Waals surface area contributed by atoms with Gasteiger partial charge < -0.3 is 0 Å². The number of halogens is 8. The van der Waals surface area contributed by atoms with E-state index < -0.39 is 9.42 Å². The fourth-order valence-electron chi connectivity index (χ4n) is 1.68. The van der Waals surface area contributed by atoms with Crippen molar-refractivity contribution in [2.75, 3.05) is 0 Å². The Kier molecular flexibility index (Phi) is 7.69. The summed E-state index contributed by atoms with van der Waals surface area (Å²) in [7, 11) is 0. The topological polar surface area (TPSA) is 0 Å². The number of hydrogen-bond acceptors (Lipinski definition) is 1. The molecule has 0 saturated heterocycles. The Bertz CT molecular complexity index is 672. The molecule has 0 radical (unpaired) electrons. The summed E-state index contributed by atoms with van der Waals surface area (Å²) in [4.78, 5) is 0. The van der Waals surface area contributed by atoms with Gasteiger partial charge in [-0.1, -0.05) is 69.6 Å². The summed E-state index contributed by atoms with van der Waals surface area (Å²) in [6.45, 7) is 0. The highest BCUT2D eigenvalue weighted by molar-refractivity contribution is 8.01. The second-order valence-corrected chi connectivity index (χ2v) is 9.39. The van der Waals surface area contributed by atoms with Crippen LogP contribution in [0.5, 0.6) is 0 Å². The van der Waals surface area contributed by atoms with Crippen molar-refractivity contribution in [1.29, 1.82) is 0 Å². The third-order valence-electron chi connectivity index (χ3n) is 2.81. The summed E-state index contributed by atoms with van der Waals surface area (Å²) >= 11 is 50.1. The van der Waals surface area contributed by atoms with Crippen LogP contribution in [0, 0.1) is 0 Å². The van der Waals surface area contributed by atoms with E-state index in [-0.39, 0.29) is 0 Å². The number of thioether (sulfide) groups is 1. The molecule has 0 fully saturated rings. The molecule has 2 atom stereocenters. The number of rotatable bonds is 4. The van der Waals surface area contributed by atoms with Crippen LogP contribution < -0.4 is 0 Å². The van der Waals surface area contributed by atoms with E-state index in [1.807, 2.05) is 0 Å². The fraction of sp³-hybridized carbons (Fsp3) is 0.143. The molecule has 2 aromatic carbocycles. The van der Waals surface area contributed by atoms with Crippen molar-refractivity contribution in [1.82, 2.24) is 0 Å². The molecule has 0 spiro atoms. The van der Waals surface area contributed by atoms with Crippen LogP contribution in [0.1, 0.15) is 20.5 Å². The lowest BCUT2D eigenvalue weighted by Gasteiger charge is -2.18. The second kappa shape index (κ2) is 8.66. The standard InChI is InChI=1S/C14H6Cl8S/c15-7-3-11(19)9(17)1-5(7)13(21)23-14(22)6-2-10(18)12(20)4-8(6)16/h1-4,13-14H. The molecule has 0 bridgehead atoms. The van der Waals surface area contributed by atoms with Gasteiger partial charge in [0.1, 0.15) is 9.42 Å². The van der Waals surface area contributed by atoms with Crippen molar-refractivity contribution in [3.05, 3.63) is 65.5 Å². The molecule has 0 heterocycles. The highest BCUT2D eigenvalue weighted by Gasteiger charge is 2.22. The molecule has 0 amide bonds. The van der Waals surface area contributed by atoms with Crippen LogP contribution in [-0.2, 0) is 0 Å². The SMILES string of the molecule is Clc1cc(Cl)c(C(Cl)SC(Cl)c2cc(Cl)c(Cl)cc2Cl)cc1Cl.